The van der Waals surface area contributed by atoms with Crippen LogP contribution in [0.4, 0.5) is 0 Å². The average molecular weight is 176 g/mol. The second-order valence-electron chi connectivity index (χ2n) is 1.17. The lowest BCUT2D eigenvalue weighted by Gasteiger charge is -1.99. The first kappa shape index (κ1) is 8.53. The standard InChI is InChI=1S/C3H5Cl2O2S/c1-2(4)3(5)8(6)7/h2-3,8H,1H2. The summed E-state index contributed by atoms with van der Waals surface area (Å²) in [5.41, 5.74) is 0. The van der Waals surface area contributed by atoms with E-state index in [-0.39, 0.29) is 0 Å². The molecular weight excluding hydrogens is 171 g/mol. The van der Waals surface area contributed by atoms with Gasteiger partial charge in [-0.2, -0.15) is 0 Å². The summed E-state index contributed by atoms with van der Waals surface area (Å²) >= 11 is 10.4. The van der Waals surface area contributed by atoms with E-state index in [1.165, 1.54) is 0 Å². The van der Waals surface area contributed by atoms with Crippen LogP contribution in [0.5, 0.6) is 0 Å². The van der Waals surface area contributed by atoms with Crippen molar-refractivity contribution in [1.82, 2.24) is 0 Å². The van der Waals surface area contributed by atoms with E-state index in [1.807, 2.05) is 0 Å². The first-order valence-electron chi connectivity index (χ1n) is 1.80. The summed E-state index contributed by atoms with van der Waals surface area (Å²) in [6.45, 7) is 3.21. The molecule has 0 saturated heterocycles. The molecule has 0 spiro atoms. The summed E-state index contributed by atoms with van der Waals surface area (Å²) in [6.07, 6.45) is 0. The van der Waals surface area contributed by atoms with Gasteiger partial charge in [-0.3, -0.25) is 0 Å². The first-order valence-corrected chi connectivity index (χ1v) is 3.92. The van der Waals surface area contributed by atoms with Crippen molar-refractivity contribution in [3.05, 3.63) is 6.92 Å². The van der Waals surface area contributed by atoms with Crippen molar-refractivity contribution in [3.63, 3.8) is 0 Å². The molecule has 0 heterocycles. The number of hydrogen-bond donors (Lipinski definition) is 1. The van der Waals surface area contributed by atoms with Gasteiger partial charge in [0.15, 0.2) is 10.7 Å². The predicted molar refractivity (Wildman–Crippen MR) is 35.0 cm³/mol. The van der Waals surface area contributed by atoms with Crippen LogP contribution in [-0.4, -0.2) is 18.5 Å². The minimum Gasteiger partial charge on any atom is -0.230 e. The van der Waals surface area contributed by atoms with E-state index in [9.17, 15) is 8.42 Å². The van der Waals surface area contributed by atoms with Crippen LogP contribution in [0.1, 0.15) is 0 Å². The molecule has 0 amide bonds. The molecule has 0 aromatic carbocycles. The SMILES string of the molecule is [CH2]C(Cl)C(Cl)[SH](=O)=O. The van der Waals surface area contributed by atoms with Crippen molar-refractivity contribution >= 4 is 33.9 Å². The monoisotopic (exact) mass is 175 g/mol. The highest BCUT2D eigenvalue weighted by molar-refractivity contribution is 7.74. The Labute approximate surface area is 59.7 Å². The molecule has 0 aromatic rings. The second kappa shape index (κ2) is 3.54. The van der Waals surface area contributed by atoms with Crippen molar-refractivity contribution in [2.45, 2.75) is 10.1 Å². The molecule has 2 unspecified atom stereocenters. The lowest BCUT2D eigenvalue weighted by molar-refractivity contribution is 0.611. The number of alkyl halides is 2. The van der Waals surface area contributed by atoms with Crippen molar-refractivity contribution in [2.75, 3.05) is 0 Å². The molecule has 0 N–H and O–H groups in total. The van der Waals surface area contributed by atoms with Gasteiger partial charge in [-0.15, -0.1) is 23.2 Å². The molecule has 5 heteroatoms. The Balaban J connectivity index is 3.83. The Morgan fingerprint density at radius 2 is 1.75 bits per heavy atom. The van der Waals surface area contributed by atoms with Gasteiger partial charge >= 0.3 is 0 Å². The van der Waals surface area contributed by atoms with Crippen LogP contribution in [0.2, 0.25) is 0 Å². The van der Waals surface area contributed by atoms with Crippen LogP contribution in [0.3, 0.4) is 0 Å². The summed E-state index contributed by atoms with van der Waals surface area (Å²) in [6, 6.07) is 0. The number of hydrogen-bond acceptors (Lipinski definition) is 2. The third-order valence-corrected chi connectivity index (χ3v) is 2.60. The van der Waals surface area contributed by atoms with Crippen molar-refractivity contribution in [3.8, 4) is 0 Å². The maximum atomic E-state index is 9.92. The summed E-state index contributed by atoms with van der Waals surface area (Å²) in [5.74, 6) is 0. The van der Waals surface area contributed by atoms with Gasteiger partial charge in [0.1, 0.15) is 4.71 Å². The Hall–Kier alpha value is 0.530. The van der Waals surface area contributed by atoms with Gasteiger partial charge in [-0.1, -0.05) is 0 Å². The predicted octanol–water partition coefficient (Wildman–Crippen LogP) is 0.604. The van der Waals surface area contributed by atoms with Gasteiger partial charge in [0.2, 0.25) is 0 Å². The lowest BCUT2D eigenvalue weighted by atomic mass is 10.6. The van der Waals surface area contributed by atoms with E-state index in [0.29, 0.717) is 0 Å². The Kier molecular flexibility index (Phi) is 3.77. The van der Waals surface area contributed by atoms with Crippen LogP contribution in [-0.2, 0) is 10.7 Å². The minimum atomic E-state index is -2.63. The van der Waals surface area contributed by atoms with Gasteiger partial charge < -0.3 is 0 Å². The van der Waals surface area contributed by atoms with Crippen LogP contribution in [0, 0.1) is 6.92 Å². The topological polar surface area (TPSA) is 34.1 Å². The molecular formula is C3H5Cl2O2S. The van der Waals surface area contributed by atoms with Gasteiger partial charge in [0.25, 0.3) is 0 Å². The first-order chi connectivity index (χ1) is 3.55. The second-order valence-corrected chi connectivity index (χ2v) is 3.64. The highest BCUT2D eigenvalue weighted by atomic mass is 35.5. The molecule has 0 bridgehead atoms. The van der Waals surface area contributed by atoms with Gasteiger partial charge in [-0.25, -0.2) is 8.42 Å². The molecule has 0 aliphatic heterocycles. The lowest BCUT2D eigenvalue weighted by Crippen LogP contribution is -2.11. The third-order valence-electron chi connectivity index (χ3n) is 0.500. The van der Waals surface area contributed by atoms with Crippen LogP contribution < -0.4 is 0 Å². The van der Waals surface area contributed by atoms with E-state index in [0.717, 1.165) is 0 Å². The number of halogens is 2. The van der Waals surface area contributed by atoms with E-state index in [4.69, 9.17) is 23.2 Å². The summed E-state index contributed by atoms with van der Waals surface area (Å²) in [4.78, 5) is 0. The Morgan fingerprint density at radius 3 is 1.75 bits per heavy atom. The van der Waals surface area contributed by atoms with Crippen molar-refractivity contribution in [1.29, 1.82) is 0 Å². The molecule has 8 heavy (non-hydrogen) atoms. The van der Waals surface area contributed by atoms with E-state index in [2.05, 4.69) is 6.92 Å². The molecule has 1 radical (unpaired) electrons. The highest BCUT2D eigenvalue weighted by Gasteiger charge is 2.12. The zero-order valence-corrected chi connectivity index (χ0v) is 6.29. The van der Waals surface area contributed by atoms with Crippen LogP contribution >= 0.6 is 23.2 Å². The molecule has 2 atom stereocenters. The largest absolute Gasteiger partial charge is 0.230 e. The number of rotatable bonds is 2. The maximum Gasteiger partial charge on any atom is 0.158 e. The fraction of sp³-hybridized carbons (Fsp3) is 0.667. The molecule has 0 aliphatic rings. The molecule has 0 fully saturated rings. The van der Waals surface area contributed by atoms with Gasteiger partial charge in [-0.05, 0) is 6.92 Å². The maximum absolute atomic E-state index is 9.92. The van der Waals surface area contributed by atoms with Crippen LogP contribution in [0.25, 0.3) is 0 Å². The quantitative estimate of drug-likeness (QED) is 0.493. The Morgan fingerprint density at radius 1 is 1.38 bits per heavy atom. The highest BCUT2D eigenvalue weighted by Crippen LogP contribution is 2.08. The summed E-state index contributed by atoms with van der Waals surface area (Å²) in [5, 5.41) is -0.766. The fourth-order valence-corrected chi connectivity index (χ4v) is 0.672. The van der Waals surface area contributed by atoms with E-state index >= 15 is 0 Å². The zero-order chi connectivity index (χ0) is 6.73. The molecule has 0 saturated carbocycles. The third kappa shape index (κ3) is 2.74. The van der Waals surface area contributed by atoms with E-state index in [1.54, 1.807) is 0 Å². The van der Waals surface area contributed by atoms with Crippen LogP contribution in [0.15, 0.2) is 0 Å². The normalized spacial score (nSPS) is 18.5. The molecule has 49 valence electrons. The number of thiol groups is 1. The van der Waals surface area contributed by atoms with Crippen molar-refractivity contribution < 1.29 is 8.42 Å². The average Bonchev–Trinajstić information content (AvgIpc) is 1.64. The van der Waals surface area contributed by atoms with E-state index < -0.39 is 20.8 Å². The fourth-order valence-electron chi connectivity index (χ4n) is 0.132. The summed E-state index contributed by atoms with van der Waals surface area (Å²) in [7, 11) is -2.63. The smallest absolute Gasteiger partial charge is 0.158 e. The molecule has 2 nitrogen and oxygen atoms in total. The van der Waals surface area contributed by atoms with Crippen molar-refractivity contribution in [2.24, 2.45) is 0 Å². The molecule has 0 aromatic heterocycles. The molecule has 0 rings (SSSR count). The minimum absolute atomic E-state index is 0.766. The molecule has 0 aliphatic carbocycles. The van der Waals surface area contributed by atoms with Gasteiger partial charge in [0, 0.05) is 0 Å². The zero-order valence-electron chi connectivity index (χ0n) is 3.88. The Bertz CT molecular complexity index is 123. The summed E-state index contributed by atoms with van der Waals surface area (Å²) < 4.78 is 18.8. The van der Waals surface area contributed by atoms with Gasteiger partial charge in [0.05, 0.1) is 5.38 Å².